The molecule has 1 aromatic rings. The Morgan fingerprint density at radius 1 is 1.43 bits per heavy atom. The first kappa shape index (κ1) is 16.9. The van der Waals surface area contributed by atoms with Crippen molar-refractivity contribution in [3.05, 3.63) is 30.1 Å². The van der Waals surface area contributed by atoms with Gasteiger partial charge >= 0.3 is 5.97 Å². The van der Waals surface area contributed by atoms with Crippen LogP contribution >= 0.6 is 0 Å². The highest BCUT2D eigenvalue weighted by molar-refractivity contribution is 6.00. The highest BCUT2D eigenvalue weighted by atomic mass is 19.1. The summed E-state index contributed by atoms with van der Waals surface area (Å²) in [6.07, 6.45) is -0.00103. The fourth-order valence-corrected chi connectivity index (χ4v) is 2.67. The molecule has 1 aromatic carbocycles. The minimum atomic E-state index is -0.986. The molecule has 2 atom stereocenters. The molecule has 124 valence electrons. The molecular formula is C16H19FN2O4. The molecule has 0 radical (unpaired) electrons. The Morgan fingerprint density at radius 3 is 2.70 bits per heavy atom. The van der Waals surface area contributed by atoms with Crippen molar-refractivity contribution in [3.8, 4) is 0 Å². The molecule has 0 spiro atoms. The Kier molecular flexibility index (Phi) is 4.98. The number of hydrogen-bond acceptors (Lipinski definition) is 3. The van der Waals surface area contributed by atoms with Gasteiger partial charge in [-0.3, -0.25) is 14.4 Å². The number of carbonyl (C=O) groups excluding carboxylic acids is 2. The van der Waals surface area contributed by atoms with E-state index in [4.69, 9.17) is 5.11 Å². The van der Waals surface area contributed by atoms with Crippen molar-refractivity contribution in [2.45, 2.75) is 13.3 Å². The topological polar surface area (TPSA) is 77.9 Å². The number of amides is 2. The van der Waals surface area contributed by atoms with Gasteiger partial charge in [0.2, 0.25) is 11.8 Å². The van der Waals surface area contributed by atoms with Crippen LogP contribution in [0.2, 0.25) is 0 Å². The molecule has 6 nitrogen and oxygen atoms in total. The highest BCUT2D eigenvalue weighted by Crippen LogP contribution is 2.28. The number of benzene rings is 1. The molecule has 2 amide bonds. The van der Waals surface area contributed by atoms with Crippen LogP contribution < -0.4 is 4.90 Å². The molecule has 1 N–H and O–H groups in total. The molecule has 23 heavy (non-hydrogen) atoms. The Bertz CT molecular complexity index is 634. The second kappa shape index (κ2) is 6.76. The average Bonchev–Trinajstić information content (AvgIpc) is 2.88. The zero-order valence-electron chi connectivity index (χ0n) is 13.0. The van der Waals surface area contributed by atoms with E-state index in [1.54, 1.807) is 6.07 Å². The summed E-state index contributed by atoms with van der Waals surface area (Å²) in [4.78, 5) is 37.9. The fourth-order valence-electron chi connectivity index (χ4n) is 2.67. The van der Waals surface area contributed by atoms with Gasteiger partial charge in [-0.1, -0.05) is 19.1 Å². The van der Waals surface area contributed by atoms with E-state index in [0.29, 0.717) is 0 Å². The number of aliphatic carboxylic acids is 1. The van der Waals surface area contributed by atoms with Gasteiger partial charge < -0.3 is 14.9 Å². The van der Waals surface area contributed by atoms with Crippen molar-refractivity contribution in [2.24, 2.45) is 11.8 Å². The summed E-state index contributed by atoms with van der Waals surface area (Å²) in [5.41, 5.74) is 0.161. The summed E-state index contributed by atoms with van der Waals surface area (Å²) in [5, 5.41) is 8.90. The van der Waals surface area contributed by atoms with E-state index in [2.05, 4.69) is 0 Å². The minimum absolute atomic E-state index is 0.00103. The van der Waals surface area contributed by atoms with Crippen molar-refractivity contribution >= 4 is 23.5 Å². The zero-order chi connectivity index (χ0) is 17.1. The van der Waals surface area contributed by atoms with Crippen LogP contribution in [0.5, 0.6) is 0 Å². The molecule has 1 aliphatic rings. The van der Waals surface area contributed by atoms with Gasteiger partial charge in [0.1, 0.15) is 5.82 Å². The summed E-state index contributed by atoms with van der Waals surface area (Å²) < 4.78 is 13.8. The highest BCUT2D eigenvalue weighted by Gasteiger charge is 2.37. The number of para-hydroxylation sites is 1. The summed E-state index contributed by atoms with van der Waals surface area (Å²) in [6, 6.07) is 5.92. The van der Waals surface area contributed by atoms with E-state index in [1.807, 2.05) is 0 Å². The number of carboxylic acid groups (broad SMARTS) is 1. The van der Waals surface area contributed by atoms with Crippen molar-refractivity contribution in [1.82, 2.24) is 4.90 Å². The summed E-state index contributed by atoms with van der Waals surface area (Å²) >= 11 is 0. The number of rotatable bonds is 5. The predicted molar refractivity (Wildman–Crippen MR) is 81.3 cm³/mol. The first-order chi connectivity index (χ1) is 10.8. The molecule has 1 heterocycles. The third-order valence-corrected chi connectivity index (χ3v) is 3.96. The monoisotopic (exact) mass is 322 g/mol. The van der Waals surface area contributed by atoms with Gasteiger partial charge in [-0.2, -0.15) is 0 Å². The van der Waals surface area contributed by atoms with Crippen molar-refractivity contribution in [3.63, 3.8) is 0 Å². The van der Waals surface area contributed by atoms with E-state index < -0.39 is 23.6 Å². The lowest BCUT2D eigenvalue weighted by Crippen LogP contribution is -2.38. The second-order valence-corrected chi connectivity index (χ2v) is 5.81. The van der Waals surface area contributed by atoms with E-state index in [9.17, 15) is 18.8 Å². The number of carbonyl (C=O) groups is 3. The Labute approximate surface area is 133 Å². The SMILES string of the molecule is CC(CN(C)C(=O)C1CC(=O)N(c2ccccc2F)C1)C(=O)O. The van der Waals surface area contributed by atoms with Gasteiger partial charge in [0, 0.05) is 26.6 Å². The number of halogens is 1. The van der Waals surface area contributed by atoms with E-state index >= 15 is 0 Å². The average molecular weight is 322 g/mol. The predicted octanol–water partition coefficient (Wildman–Crippen LogP) is 1.36. The Hall–Kier alpha value is -2.44. The first-order valence-corrected chi connectivity index (χ1v) is 7.34. The third kappa shape index (κ3) is 3.67. The van der Waals surface area contributed by atoms with Crippen molar-refractivity contribution in [1.29, 1.82) is 0 Å². The molecule has 2 unspecified atom stereocenters. The molecule has 7 heteroatoms. The largest absolute Gasteiger partial charge is 0.481 e. The van der Waals surface area contributed by atoms with Gasteiger partial charge in [-0.25, -0.2) is 4.39 Å². The molecule has 0 aliphatic carbocycles. The number of carboxylic acids is 1. The van der Waals surface area contributed by atoms with Crippen LogP contribution in [-0.2, 0) is 14.4 Å². The minimum Gasteiger partial charge on any atom is -0.481 e. The molecule has 1 saturated heterocycles. The van der Waals surface area contributed by atoms with E-state index in [1.165, 1.54) is 42.0 Å². The van der Waals surface area contributed by atoms with E-state index in [-0.39, 0.29) is 37.0 Å². The van der Waals surface area contributed by atoms with Crippen LogP contribution in [0.4, 0.5) is 10.1 Å². The van der Waals surface area contributed by atoms with Crippen molar-refractivity contribution < 1.29 is 23.9 Å². The molecule has 0 saturated carbocycles. The van der Waals surface area contributed by atoms with Crippen LogP contribution in [0.1, 0.15) is 13.3 Å². The quantitative estimate of drug-likeness (QED) is 0.888. The Morgan fingerprint density at radius 2 is 2.09 bits per heavy atom. The maximum atomic E-state index is 13.8. The lowest BCUT2D eigenvalue weighted by Gasteiger charge is -2.23. The van der Waals surface area contributed by atoms with Crippen LogP contribution in [-0.4, -0.2) is 47.9 Å². The standard InChI is InChI=1S/C16H19FN2O4/c1-10(16(22)23)8-18(2)15(21)11-7-14(20)19(9-11)13-6-4-3-5-12(13)17/h3-6,10-11H,7-9H2,1-2H3,(H,22,23). The zero-order valence-corrected chi connectivity index (χ0v) is 13.0. The first-order valence-electron chi connectivity index (χ1n) is 7.34. The molecule has 1 aliphatic heterocycles. The molecule has 2 rings (SSSR count). The lowest BCUT2D eigenvalue weighted by atomic mass is 10.1. The van der Waals surface area contributed by atoms with Gasteiger partial charge in [0.25, 0.3) is 0 Å². The maximum Gasteiger partial charge on any atom is 0.308 e. The van der Waals surface area contributed by atoms with Gasteiger partial charge in [-0.05, 0) is 12.1 Å². The van der Waals surface area contributed by atoms with Crippen LogP contribution in [0.15, 0.2) is 24.3 Å². The van der Waals surface area contributed by atoms with Crippen LogP contribution in [0, 0.1) is 17.7 Å². The third-order valence-electron chi connectivity index (χ3n) is 3.96. The number of hydrogen-bond donors (Lipinski definition) is 1. The van der Waals surface area contributed by atoms with Crippen molar-refractivity contribution in [2.75, 3.05) is 25.0 Å². The van der Waals surface area contributed by atoms with Crippen LogP contribution in [0.25, 0.3) is 0 Å². The second-order valence-electron chi connectivity index (χ2n) is 5.81. The Balaban J connectivity index is 2.06. The molecule has 0 bridgehead atoms. The number of anilines is 1. The molecule has 1 fully saturated rings. The smallest absolute Gasteiger partial charge is 0.308 e. The van der Waals surface area contributed by atoms with Gasteiger partial charge in [-0.15, -0.1) is 0 Å². The van der Waals surface area contributed by atoms with Gasteiger partial charge in [0.05, 0.1) is 17.5 Å². The van der Waals surface area contributed by atoms with Crippen LogP contribution in [0.3, 0.4) is 0 Å². The molecule has 0 aromatic heterocycles. The summed E-state index contributed by atoms with van der Waals surface area (Å²) in [7, 11) is 1.51. The van der Waals surface area contributed by atoms with Gasteiger partial charge in [0.15, 0.2) is 0 Å². The number of nitrogens with zero attached hydrogens (tertiary/aromatic N) is 2. The van der Waals surface area contributed by atoms with E-state index in [0.717, 1.165) is 0 Å². The lowest BCUT2D eigenvalue weighted by molar-refractivity contribution is -0.143. The maximum absolute atomic E-state index is 13.8. The summed E-state index contributed by atoms with van der Waals surface area (Å²) in [6.45, 7) is 1.68. The normalized spacial score (nSPS) is 18.8. The fraction of sp³-hybridized carbons (Fsp3) is 0.438. The summed E-state index contributed by atoms with van der Waals surface area (Å²) in [5.74, 6) is -3.39. The molecular weight excluding hydrogens is 303 g/mol.